The number of rotatable bonds is 3. The van der Waals surface area contributed by atoms with Crippen LogP contribution in [-0.4, -0.2) is 16.7 Å². The summed E-state index contributed by atoms with van der Waals surface area (Å²) in [6.45, 7) is 1.45. The Morgan fingerprint density at radius 1 is 1.04 bits per heavy atom. The molecule has 0 fully saturated rings. The molecule has 1 aliphatic heterocycles. The molecule has 0 saturated carbocycles. The summed E-state index contributed by atoms with van der Waals surface area (Å²) in [6.07, 6.45) is 1.29. The normalized spacial score (nSPS) is 13.8. The minimum Gasteiger partial charge on any atom is -0.342 e. The van der Waals surface area contributed by atoms with Crippen LogP contribution in [0.2, 0.25) is 0 Å². The Labute approximate surface area is 142 Å². The highest BCUT2D eigenvalue weighted by Crippen LogP contribution is 2.28. The molecule has 0 aliphatic carbocycles. The second kappa shape index (κ2) is 6.28. The first-order valence-electron chi connectivity index (χ1n) is 7.77. The first-order valence-corrected chi connectivity index (χ1v) is 8.59. The Morgan fingerprint density at radius 3 is 2.79 bits per heavy atom. The second-order valence-electron chi connectivity index (χ2n) is 5.83. The topological polar surface area (TPSA) is 29.0 Å². The number of nitrogens with zero attached hydrogens (tertiary/aromatic N) is 3. The zero-order chi connectivity index (χ0) is 16.5. The Bertz CT molecular complexity index is 878. The van der Waals surface area contributed by atoms with Crippen LogP contribution in [0.1, 0.15) is 21.7 Å². The van der Waals surface area contributed by atoms with Crippen molar-refractivity contribution in [2.45, 2.75) is 19.4 Å². The van der Waals surface area contributed by atoms with E-state index < -0.39 is 0 Å². The van der Waals surface area contributed by atoms with Crippen molar-refractivity contribution >= 4 is 16.5 Å². The van der Waals surface area contributed by atoms with Crippen LogP contribution in [0.25, 0.3) is 0 Å². The van der Waals surface area contributed by atoms with Crippen molar-refractivity contribution in [1.82, 2.24) is 10.2 Å². The molecule has 2 aromatic carbocycles. The summed E-state index contributed by atoms with van der Waals surface area (Å²) >= 11 is 1.47. The fourth-order valence-corrected chi connectivity index (χ4v) is 3.82. The number of anilines is 1. The Hall–Kier alpha value is -2.34. The van der Waals surface area contributed by atoms with Crippen molar-refractivity contribution < 1.29 is 8.78 Å². The molecule has 0 saturated heterocycles. The van der Waals surface area contributed by atoms with Gasteiger partial charge in [-0.05, 0) is 41.3 Å². The molecule has 2 heterocycles. The van der Waals surface area contributed by atoms with Crippen LogP contribution < -0.4 is 4.90 Å². The van der Waals surface area contributed by atoms with Gasteiger partial charge in [-0.1, -0.05) is 35.6 Å². The van der Waals surface area contributed by atoms with Crippen molar-refractivity contribution in [2.24, 2.45) is 0 Å². The van der Waals surface area contributed by atoms with Crippen molar-refractivity contribution in [3.63, 3.8) is 0 Å². The quantitative estimate of drug-likeness (QED) is 0.720. The van der Waals surface area contributed by atoms with Gasteiger partial charge in [0.15, 0.2) is 0 Å². The molecule has 0 unspecified atom stereocenters. The molecule has 24 heavy (non-hydrogen) atoms. The van der Waals surface area contributed by atoms with Gasteiger partial charge in [-0.25, -0.2) is 8.78 Å². The highest BCUT2D eigenvalue weighted by Gasteiger charge is 2.20. The van der Waals surface area contributed by atoms with Crippen molar-refractivity contribution in [1.29, 1.82) is 0 Å². The Kier molecular flexibility index (Phi) is 3.98. The summed E-state index contributed by atoms with van der Waals surface area (Å²) in [7, 11) is 0. The lowest BCUT2D eigenvalue weighted by molar-refractivity contribution is 0.613. The molecule has 1 aromatic heterocycles. The molecule has 6 heteroatoms. The van der Waals surface area contributed by atoms with Crippen LogP contribution in [0.15, 0.2) is 42.5 Å². The van der Waals surface area contributed by atoms with Gasteiger partial charge in [-0.15, -0.1) is 10.2 Å². The maximum Gasteiger partial charge on any atom is 0.208 e. The lowest BCUT2D eigenvalue weighted by Gasteiger charge is -2.28. The molecule has 0 amide bonds. The number of hydrogen-bond acceptors (Lipinski definition) is 4. The van der Waals surface area contributed by atoms with Gasteiger partial charge in [0.1, 0.15) is 16.6 Å². The van der Waals surface area contributed by atoms with Gasteiger partial charge < -0.3 is 4.90 Å². The Morgan fingerprint density at radius 2 is 1.92 bits per heavy atom. The van der Waals surface area contributed by atoms with E-state index in [0.717, 1.165) is 28.7 Å². The number of benzene rings is 2. The number of hydrogen-bond donors (Lipinski definition) is 0. The molecule has 0 radical (unpaired) electrons. The zero-order valence-electron chi connectivity index (χ0n) is 12.9. The average molecular weight is 343 g/mol. The third kappa shape index (κ3) is 3.01. The monoisotopic (exact) mass is 343 g/mol. The van der Waals surface area contributed by atoms with E-state index in [1.54, 1.807) is 18.2 Å². The highest BCUT2D eigenvalue weighted by molar-refractivity contribution is 7.15. The minimum atomic E-state index is -0.225. The molecule has 3 nitrogen and oxygen atoms in total. The lowest BCUT2D eigenvalue weighted by Crippen LogP contribution is -2.30. The number of halogens is 2. The summed E-state index contributed by atoms with van der Waals surface area (Å²) in [5.41, 5.74) is 2.79. The molecular formula is C18H15F2N3S. The Balaban J connectivity index is 1.52. The first kappa shape index (κ1) is 15.2. The van der Waals surface area contributed by atoms with Crippen LogP contribution in [0.4, 0.5) is 13.9 Å². The highest BCUT2D eigenvalue weighted by atomic mass is 32.1. The third-order valence-corrected chi connectivity index (χ3v) is 5.19. The number of aromatic nitrogens is 2. The van der Waals surface area contributed by atoms with Gasteiger partial charge in [-0.2, -0.15) is 0 Å². The van der Waals surface area contributed by atoms with Gasteiger partial charge in [0.05, 0.1) is 0 Å². The number of fused-ring (bicyclic) bond motifs is 1. The van der Waals surface area contributed by atoms with Gasteiger partial charge in [0.2, 0.25) is 5.13 Å². The predicted molar refractivity (Wildman–Crippen MR) is 90.3 cm³/mol. The summed E-state index contributed by atoms with van der Waals surface area (Å²) in [4.78, 5) is 2.10. The molecule has 3 aromatic rings. The predicted octanol–water partition coefficient (Wildman–Crippen LogP) is 3.97. The van der Waals surface area contributed by atoms with Gasteiger partial charge in [-0.3, -0.25) is 0 Å². The molecule has 1 aliphatic rings. The molecule has 0 atom stereocenters. The van der Waals surface area contributed by atoms with E-state index in [4.69, 9.17) is 0 Å². The van der Waals surface area contributed by atoms with E-state index in [1.165, 1.54) is 29.0 Å². The smallest absolute Gasteiger partial charge is 0.208 e. The fraction of sp³-hybridized carbons (Fsp3) is 0.222. The first-order chi connectivity index (χ1) is 11.7. The molecular weight excluding hydrogens is 328 g/mol. The van der Waals surface area contributed by atoms with Gasteiger partial charge in [0, 0.05) is 19.5 Å². The summed E-state index contributed by atoms with van der Waals surface area (Å²) in [5, 5.41) is 10.0. The molecule has 0 spiro atoms. The third-order valence-electron chi connectivity index (χ3n) is 4.21. The SMILES string of the molecule is Fc1ccc2c(c1)CN(c1nnc(Cc3ccccc3F)s1)CC2. The molecule has 4 rings (SSSR count). The molecule has 0 bridgehead atoms. The maximum atomic E-state index is 13.8. The fourth-order valence-electron chi connectivity index (χ4n) is 2.94. The van der Waals surface area contributed by atoms with Crippen molar-refractivity contribution in [2.75, 3.05) is 11.4 Å². The maximum absolute atomic E-state index is 13.8. The summed E-state index contributed by atoms with van der Waals surface area (Å²) in [5.74, 6) is -0.440. The van der Waals surface area contributed by atoms with E-state index in [1.807, 2.05) is 12.1 Å². The second-order valence-corrected chi connectivity index (χ2v) is 6.87. The molecule has 122 valence electrons. The van der Waals surface area contributed by atoms with Gasteiger partial charge >= 0.3 is 0 Å². The summed E-state index contributed by atoms with van der Waals surface area (Å²) < 4.78 is 27.2. The van der Waals surface area contributed by atoms with Crippen LogP contribution in [-0.2, 0) is 19.4 Å². The van der Waals surface area contributed by atoms with E-state index in [2.05, 4.69) is 15.1 Å². The van der Waals surface area contributed by atoms with Crippen molar-refractivity contribution in [3.05, 3.63) is 75.8 Å². The molecule has 0 N–H and O–H groups in total. The largest absolute Gasteiger partial charge is 0.342 e. The van der Waals surface area contributed by atoms with Crippen LogP contribution >= 0.6 is 11.3 Å². The van der Waals surface area contributed by atoms with Crippen LogP contribution in [0.5, 0.6) is 0 Å². The van der Waals surface area contributed by atoms with E-state index in [9.17, 15) is 8.78 Å². The zero-order valence-corrected chi connectivity index (χ0v) is 13.7. The van der Waals surface area contributed by atoms with E-state index >= 15 is 0 Å². The van der Waals surface area contributed by atoms with Crippen LogP contribution in [0.3, 0.4) is 0 Å². The van der Waals surface area contributed by atoms with E-state index in [0.29, 0.717) is 18.5 Å². The van der Waals surface area contributed by atoms with Gasteiger partial charge in [0.25, 0.3) is 0 Å². The minimum absolute atomic E-state index is 0.215. The van der Waals surface area contributed by atoms with Crippen molar-refractivity contribution in [3.8, 4) is 0 Å². The van der Waals surface area contributed by atoms with E-state index in [-0.39, 0.29) is 11.6 Å². The summed E-state index contributed by atoms with van der Waals surface area (Å²) in [6, 6.07) is 11.6. The van der Waals surface area contributed by atoms with Crippen LogP contribution in [0, 0.1) is 11.6 Å². The lowest BCUT2D eigenvalue weighted by atomic mass is 10.0. The average Bonchev–Trinajstić information content (AvgIpc) is 3.05. The standard InChI is InChI=1S/C18H15F2N3S/c19-15-6-5-12-7-8-23(11-14(12)9-15)18-22-21-17(24-18)10-13-3-1-2-4-16(13)20/h1-6,9H,7-8,10-11H2.